The lowest BCUT2D eigenvalue weighted by Gasteiger charge is -2.28. The van der Waals surface area contributed by atoms with Crippen molar-refractivity contribution in [3.8, 4) is 11.5 Å². The molecule has 0 saturated heterocycles. The summed E-state index contributed by atoms with van der Waals surface area (Å²) in [6, 6.07) is 3.74. The molecule has 1 N–H and O–H groups in total. The third-order valence-corrected chi connectivity index (χ3v) is 4.54. The van der Waals surface area contributed by atoms with E-state index in [-0.39, 0.29) is 0 Å². The lowest BCUT2D eigenvalue weighted by atomic mass is 9.82. The fourth-order valence-corrected chi connectivity index (χ4v) is 3.30. The summed E-state index contributed by atoms with van der Waals surface area (Å²) in [6.45, 7) is 0. The van der Waals surface area contributed by atoms with E-state index in [9.17, 15) is 5.11 Å². The van der Waals surface area contributed by atoms with Gasteiger partial charge in [0.15, 0.2) is 0 Å². The van der Waals surface area contributed by atoms with Crippen molar-refractivity contribution in [2.24, 2.45) is 5.92 Å². The van der Waals surface area contributed by atoms with Gasteiger partial charge in [-0.3, -0.25) is 0 Å². The monoisotopic (exact) mass is 328 g/mol. The molecule has 1 aliphatic rings. The Hall–Kier alpha value is -0.740. The number of hydrogen-bond donors (Lipinski definition) is 1. The fraction of sp³-hybridized carbons (Fsp3) is 0.600. The molecule has 0 bridgehead atoms. The highest BCUT2D eigenvalue weighted by Crippen LogP contribution is 2.41. The first-order valence-corrected chi connectivity index (χ1v) is 7.56. The van der Waals surface area contributed by atoms with Crippen molar-refractivity contribution >= 4 is 15.9 Å². The highest BCUT2D eigenvalue weighted by molar-refractivity contribution is 9.10. The smallest absolute Gasteiger partial charge is 0.133 e. The predicted octanol–water partition coefficient (Wildman–Crippen LogP) is 4.08. The van der Waals surface area contributed by atoms with Gasteiger partial charge in [0.2, 0.25) is 0 Å². The predicted molar refractivity (Wildman–Crippen MR) is 78.8 cm³/mol. The molecular weight excluding hydrogens is 308 g/mol. The first kappa shape index (κ1) is 14.7. The molecule has 4 heteroatoms. The van der Waals surface area contributed by atoms with Gasteiger partial charge in [-0.2, -0.15) is 0 Å². The Morgan fingerprint density at radius 1 is 1.11 bits per heavy atom. The van der Waals surface area contributed by atoms with Gasteiger partial charge in [0, 0.05) is 5.56 Å². The molecule has 0 spiro atoms. The van der Waals surface area contributed by atoms with E-state index in [2.05, 4.69) is 15.9 Å². The van der Waals surface area contributed by atoms with Gasteiger partial charge in [-0.25, -0.2) is 0 Å². The van der Waals surface area contributed by atoms with E-state index in [0.29, 0.717) is 11.7 Å². The van der Waals surface area contributed by atoms with Crippen LogP contribution in [0.2, 0.25) is 0 Å². The summed E-state index contributed by atoms with van der Waals surface area (Å²) in [5, 5.41) is 10.6. The van der Waals surface area contributed by atoms with E-state index in [1.54, 1.807) is 14.2 Å². The van der Waals surface area contributed by atoms with Crippen LogP contribution in [0.4, 0.5) is 0 Å². The summed E-state index contributed by atoms with van der Waals surface area (Å²) in [5.74, 6) is 1.77. The minimum Gasteiger partial charge on any atom is -0.496 e. The number of aliphatic hydroxyl groups is 1. The molecule has 0 heterocycles. The molecule has 1 aromatic carbocycles. The molecule has 1 aromatic rings. The summed E-state index contributed by atoms with van der Waals surface area (Å²) < 4.78 is 11.5. The molecule has 1 atom stereocenters. The molecule has 106 valence electrons. The lowest BCUT2D eigenvalue weighted by molar-refractivity contribution is 0.0822. The quantitative estimate of drug-likeness (QED) is 0.905. The molecule has 2 rings (SSSR count). The Morgan fingerprint density at radius 3 is 2.32 bits per heavy atom. The van der Waals surface area contributed by atoms with E-state index in [1.807, 2.05) is 12.1 Å². The number of benzene rings is 1. The number of aliphatic hydroxyl groups excluding tert-OH is 1. The summed E-state index contributed by atoms with van der Waals surface area (Å²) in [4.78, 5) is 0. The van der Waals surface area contributed by atoms with Gasteiger partial charge in [0.25, 0.3) is 0 Å². The topological polar surface area (TPSA) is 38.7 Å². The van der Waals surface area contributed by atoms with Crippen molar-refractivity contribution in [1.29, 1.82) is 0 Å². The molecule has 19 heavy (non-hydrogen) atoms. The van der Waals surface area contributed by atoms with Gasteiger partial charge in [0.1, 0.15) is 11.5 Å². The van der Waals surface area contributed by atoms with Gasteiger partial charge in [-0.15, -0.1) is 0 Å². The van der Waals surface area contributed by atoms with Crippen molar-refractivity contribution in [3.05, 3.63) is 22.2 Å². The molecule has 0 aromatic heterocycles. The van der Waals surface area contributed by atoms with E-state index < -0.39 is 6.10 Å². The van der Waals surface area contributed by atoms with Crippen LogP contribution in [0.1, 0.15) is 43.8 Å². The molecule has 1 saturated carbocycles. The van der Waals surface area contributed by atoms with E-state index in [0.717, 1.165) is 28.6 Å². The van der Waals surface area contributed by atoms with Crippen LogP contribution < -0.4 is 9.47 Å². The minimum atomic E-state index is -0.475. The second kappa shape index (κ2) is 6.62. The Morgan fingerprint density at radius 2 is 1.74 bits per heavy atom. The van der Waals surface area contributed by atoms with Crippen molar-refractivity contribution in [2.75, 3.05) is 14.2 Å². The third kappa shape index (κ3) is 3.23. The maximum absolute atomic E-state index is 10.6. The number of methoxy groups -OCH3 is 2. The third-order valence-electron chi connectivity index (χ3n) is 3.92. The largest absolute Gasteiger partial charge is 0.496 e. The first-order chi connectivity index (χ1) is 9.17. The SMILES string of the molecule is COc1cc(C(O)C2CCCCC2)c(OC)cc1Br. The molecular formula is C15H21BrO3. The maximum atomic E-state index is 10.6. The van der Waals surface area contributed by atoms with Gasteiger partial charge in [0.05, 0.1) is 24.8 Å². The fourth-order valence-electron chi connectivity index (χ4n) is 2.82. The summed E-state index contributed by atoms with van der Waals surface area (Å²) >= 11 is 3.44. The normalized spacial score (nSPS) is 18.1. The zero-order valence-electron chi connectivity index (χ0n) is 11.5. The van der Waals surface area contributed by atoms with E-state index in [4.69, 9.17) is 9.47 Å². The molecule has 1 unspecified atom stereocenters. The average molecular weight is 329 g/mol. The maximum Gasteiger partial charge on any atom is 0.133 e. The van der Waals surface area contributed by atoms with Crippen LogP contribution in [-0.2, 0) is 0 Å². The Bertz CT molecular complexity index is 428. The van der Waals surface area contributed by atoms with Gasteiger partial charge < -0.3 is 14.6 Å². The Kier molecular flexibility index (Phi) is 5.11. The van der Waals surface area contributed by atoms with Crippen molar-refractivity contribution in [3.63, 3.8) is 0 Å². The van der Waals surface area contributed by atoms with Crippen LogP contribution in [0.25, 0.3) is 0 Å². The van der Waals surface area contributed by atoms with Crippen LogP contribution >= 0.6 is 15.9 Å². The van der Waals surface area contributed by atoms with Gasteiger partial charge in [-0.1, -0.05) is 19.3 Å². The van der Waals surface area contributed by atoms with Crippen molar-refractivity contribution in [1.82, 2.24) is 0 Å². The summed E-state index contributed by atoms with van der Waals surface area (Å²) in [5.41, 5.74) is 0.828. The zero-order valence-corrected chi connectivity index (χ0v) is 13.1. The van der Waals surface area contributed by atoms with E-state index >= 15 is 0 Å². The summed E-state index contributed by atoms with van der Waals surface area (Å²) in [7, 11) is 3.26. The number of hydrogen-bond acceptors (Lipinski definition) is 3. The van der Waals surface area contributed by atoms with Crippen LogP contribution in [0.15, 0.2) is 16.6 Å². The standard InChI is InChI=1S/C15H21BrO3/c1-18-13-9-12(16)14(19-2)8-11(13)15(17)10-6-4-3-5-7-10/h8-10,15,17H,3-7H2,1-2H3. The van der Waals surface area contributed by atoms with E-state index in [1.165, 1.54) is 19.3 Å². The Balaban J connectivity index is 2.30. The van der Waals surface area contributed by atoms with Crippen molar-refractivity contribution < 1.29 is 14.6 Å². The molecule has 0 radical (unpaired) electrons. The second-order valence-corrected chi connectivity index (χ2v) is 5.93. The van der Waals surface area contributed by atoms with Crippen LogP contribution in [0.5, 0.6) is 11.5 Å². The second-order valence-electron chi connectivity index (χ2n) is 5.07. The van der Waals surface area contributed by atoms with Crippen LogP contribution in [-0.4, -0.2) is 19.3 Å². The summed E-state index contributed by atoms with van der Waals surface area (Å²) in [6.07, 6.45) is 5.39. The van der Waals surface area contributed by atoms with Gasteiger partial charge in [-0.05, 0) is 46.8 Å². The number of halogens is 1. The minimum absolute atomic E-state index is 0.327. The average Bonchev–Trinajstić information content (AvgIpc) is 2.47. The molecule has 1 aliphatic carbocycles. The first-order valence-electron chi connectivity index (χ1n) is 6.77. The van der Waals surface area contributed by atoms with Crippen LogP contribution in [0.3, 0.4) is 0 Å². The number of rotatable bonds is 4. The highest BCUT2D eigenvalue weighted by Gasteiger charge is 2.26. The van der Waals surface area contributed by atoms with Gasteiger partial charge >= 0.3 is 0 Å². The Labute approximate surface area is 123 Å². The van der Waals surface area contributed by atoms with Crippen molar-refractivity contribution in [2.45, 2.75) is 38.2 Å². The zero-order chi connectivity index (χ0) is 13.8. The molecule has 1 fully saturated rings. The van der Waals surface area contributed by atoms with Crippen LogP contribution in [0, 0.1) is 5.92 Å². The molecule has 0 amide bonds. The lowest BCUT2D eigenvalue weighted by Crippen LogP contribution is -2.16. The molecule has 3 nitrogen and oxygen atoms in total. The number of ether oxygens (including phenoxy) is 2. The highest BCUT2D eigenvalue weighted by atomic mass is 79.9. The molecule has 0 aliphatic heterocycles.